The van der Waals surface area contributed by atoms with Crippen LogP contribution in [0.5, 0.6) is 0 Å². The van der Waals surface area contributed by atoms with Gasteiger partial charge in [0.25, 0.3) is 0 Å². The number of nitrogens with zero attached hydrogens (tertiary/aromatic N) is 2. The summed E-state index contributed by atoms with van der Waals surface area (Å²) in [7, 11) is 2.06. The van der Waals surface area contributed by atoms with Crippen molar-refractivity contribution in [3.63, 3.8) is 0 Å². The molecule has 0 N–H and O–H groups in total. The van der Waals surface area contributed by atoms with Gasteiger partial charge in [0.15, 0.2) is 0 Å². The molecule has 2 fully saturated rings. The molecule has 0 aromatic heterocycles. The molecule has 0 aliphatic carbocycles. The predicted octanol–water partition coefficient (Wildman–Crippen LogP) is 1.15. The van der Waals surface area contributed by atoms with E-state index >= 15 is 0 Å². The Labute approximate surface area is 86.1 Å². The van der Waals surface area contributed by atoms with Crippen molar-refractivity contribution in [3.05, 3.63) is 0 Å². The van der Waals surface area contributed by atoms with Crippen LogP contribution in [0.25, 0.3) is 0 Å². The fourth-order valence-electron chi connectivity index (χ4n) is 2.69. The van der Waals surface area contributed by atoms with Crippen LogP contribution in [0.2, 0.25) is 0 Å². The van der Waals surface area contributed by atoms with Crippen molar-refractivity contribution in [3.8, 4) is 0 Å². The van der Waals surface area contributed by atoms with Gasteiger partial charge < -0.3 is 4.90 Å². The van der Waals surface area contributed by atoms with Crippen LogP contribution in [0.15, 0.2) is 0 Å². The number of amides is 1. The van der Waals surface area contributed by atoms with Crippen LogP contribution >= 0.6 is 0 Å². The molecule has 0 aromatic carbocycles. The molecule has 2 aliphatic heterocycles. The Hall–Kier alpha value is -0.570. The first kappa shape index (κ1) is 9.97. The molecule has 3 heteroatoms. The lowest BCUT2D eigenvalue weighted by atomic mass is 9.85. The van der Waals surface area contributed by atoms with Crippen LogP contribution in [0.1, 0.15) is 26.7 Å². The minimum absolute atomic E-state index is 0.319. The molecule has 0 saturated carbocycles. The quantitative estimate of drug-likeness (QED) is 0.628. The first-order valence-electron chi connectivity index (χ1n) is 5.59. The Bertz CT molecular complexity index is 239. The number of carbonyl (C=O) groups excluding carboxylic acids is 1. The summed E-state index contributed by atoms with van der Waals surface area (Å²) in [6.45, 7) is 6.17. The average Bonchev–Trinajstić information content (AvgIpc) is 2.42. The number of fused-ring (bicyclic) bond motifs is 1. The van der Waals surface area contributed by atoms with Gasteiger partial charge >= 0.3 is 0 Å². The van der Waals surface area contributed by atoms with Crippen molar-refractivity contribution in [2.45, 2.75) is 32.9 Å². The maximum atomic E-state index is 11.6. The summed E-state index contributed by atoms with van der Waals surface area (Å²) in [6.07, 6.45) is 2.75. The zero-order valence-electron chi connectivity index (χ0n) is 9.36. The zero-order valence-corrected chi connectivity index (χ0v) is 9.36. The topological polar surface area (TPSA) is 23.6 Å². The average molecular weight is 196 g/mol. The van der Waals surface area contributed by atoms with Crippen LogP contribution < -0.4 is 0 Å². The predicted molar refractivity (Wildman–Crippen MR) is 55.7 cm³/mol. The van der Waals surface area contributed by atoms with Crippen molar-refractivity contribution in [2.75, 3.05) is 20.1 Å². The fourth-order valence-corrected chi connectivity index (χ4v) is 2.69. The van der Waals surface area contributed by atoms with Crippen molar-refractivity contribution >= 4 is 5.91 Å². The molecule has 1 amide bonds. The number of piperidine rings is 1. The highest BCUT2D eigenvalue weighted by Gasteiger charge is 2.40. The molecule has 80 valence electrons. The number of hydrogen-bond acceptors (Lipinski definition) is 2. The summed E-state index contributed by atoms with van der Waals surface area (Å²) in [5.41, 5.74) is 0. The second-order valence-corrected chi connectivity index (χ2v) is 5.01. The number of likely N-dealkylation sites (N-methyl/N-ethyl adjacent to an activating group) is 1. The molecule has 0 radical (unpaired) electrons. The molecule has 3 nitrogen and oxygen atoms in total. The van der Waals surface area contributed by atoms with Crippen molar-refractivity contribution in [2.24, 2.45) is 11.8 Å². The highest BCUT2D eigenvalue weighted by Crippen LogP contribution is 2.32. The minimum Gasteiger partial charge on any atom is -0.326 e. The summed E-state index contributed by atoms with van der Waals surface area (Å²) in [5, 5.41) is 0. The summed E-state index contributed by atoms with van der Waals surface area (Å²) in [4.78, 5) is 15.8. The summed E-state index contributed by atoms with van der Waals surface area (Å²) >= 11 is 0. The van der Waals surface area contributed by atoms with Gasteiger partial charge in [-0.05, 0) is 31.7 Å². The van der Waals surface area contributed by atoms with Gasteiger partial charge in [-0.3, -0.25) is 9.69 Å². The van der Waals surface area contributed by atoms with E-state index in [0.29, 0.717) is 18.6 Å². The van der Waals surface area contributed by atoms with E-state index < -0.39 is 0 Å². The minimum atomic E-state index is 0.319. The van der Waals surface area contributed by atoms with E-state index in [0.717, 1.165) is 18.4 Å². The third-order valence-corrected chi connectivity index (χ3v) is 3.77. The Morgan fingerprint density at radius 3 is 2.79 bits per heavy atom. The van der Waals surface area contributed by atoms with Crippen molar-refractivity contribution in [1.82, 2.24) is 9.80 Å². The fraction of sp³-hybridized carbons (Fsp3) is 0.909. The molecule has 2 aliphatic rings. The van der Waals surface area contributed by atoms with E-state index in [1.165, 1.54) is 12.8 Å². The highest BCUT2D eigenvalue weighted by molar-refractivity contribution is 5.80. The normalized spacial score (nSPS) is 34.0. The van der Waals surface area contributed by atoms with Crippen molar-refractivity contribution < 1.29 is 4.79 Å². The lowest BCUT2D eigenvalue weighted by Crippen LogP contribution is -2.45. The first-order chi connectivity index (χ1) is 6.59. The Kier molecular flexibility index (Phi) is 2.52. The lowest BCUT2D eigenvalue weighted by Gasteiger charge is -2.38. The molecule has 14 heavy (non-hydrogen) atoms. The van der Waals surface area contributed by atoms with Gasteiger partial charge in [0.05, 0.1) is 12.7 Å². The number of rotatable bonds is 1. The summed E-state index contributed by atoms with van der Waals surface area (Å²) in [5.74, 6) is 1.87. The van der Waals surface area contributed by atoms with Crippen LogP contribution in [0, 0.1) is 11.8 Å². The van der Waals surface area contributed by atoms with Gasteiger partial charge in [0, 0.05) is 6.54 Å². The molecule has 2 atom stereocenters. The summed E-state index contributed by atoms with van der Waals surface area (Å²) in [6, 6.07) is 0. The van der Waals surface area contributed by atoms with Crippen LogP contribution in [0.3, 0.4) is 0 Å². The number of carbonyl (C=O) groups is 1. The molecular formula is C11H20N2O. The maximum Gasteiger partial charge on any atom is 0.238 e. The van der Waals surface area contributed by atoms with Gasteiger partial charge in [0.2, 0.25) is 5.91 Å². The maximum absolute atomic E-state index is 11.6. The van der Waals surface area contributed by atoms with E-state index in [4.69, 9.17) is 0 Å². The van der Waals surface area contributed by atoms with Crippen LogP contribution in [-0.4, -0.2) is 42.0 Å². The van der Waals surface area contributed by atoms with Gasteiger partial charge in [-0.15, -0.1) is 0 Å². The Morgan fingerprint density at radius 2 is 2.14 bits per heavy atom. The third-order valence-electron chi connectivity index (χ3n) is 3.77. The smallest absolute Gasteiger partial charge is 0.238 e. The standard InChI is InChI=1S/C11H20N2O/c1-8(2)9-4-5-13-10(6-9)12(3)7-11(13)14/h8-10H,4-7H2,1-3H3. The number of hydrogen-bond donors (Lipinski definition) is 0. The monoisotopic (exact) mass is 196 g/mol. The highest BCUT2D eigenvalue weighted by atomic mass is 16.2. The molecule has 2 rings (SSSR count). The first-order valence-corrected chi connectivity index (χ1v) is 5.59. The van der Waals surface area contributed by atoms with E-state index in [2.05, 4.69) is 30.7 Å². The van der Waals surface area contributed by atoms with Crippen LogP contribution in [-0.2, 0) is 4.79 Å². The molecule has 0 spiro atoms. The molecule has 2 unspecified atom stereocenters. The molecule has 0 aromatic rings. The second-order valence-electron chi connectivity index (χ2n) is 5.01. The van der Waals surface area contributed by atoms with E-state index in [9.17, 15) is 4.79 Å². The van der Waals surface area contributed by atoms with Crippen molar-refractivity contribution in [1.29, 1.82) is 0 Å². The summed E-state index contributed by atoms with van der Waals surface area (Å²) < 4.78 is 0. The molecule has 2 saturated heterocycles. The van der Waals surface area contributed by atoms with Gasteiger partial charge in [-0.25, -0.2) is 0 Å². The Morgan fingerprint density at radius 1 is 1.43 bits per heavy atom. The molecular weight excluding hydrogens is 176 g/mol. The SMILES string of the molecule is CC(C)C1CCN2C(=O)CN(C)C2C1. The van der Waals surface area contributed by atoms with Gasteiger partial charge in [-0.2, -0.15) is 0 Å². The zero-order chi connectivity index (χ0) is 10.3. The lowest BCUT2D eigenvalue weighted by molar-refractivity contribution is -0.129. The second kappa shape index (κ2) is 3.54. The Balaban J connectivity index is 2.06. The molecule has 2 heterocycles. The van der Waals surface area contributed by atoms with E-state index in [1.807, 2.05) is 0 Å². The van der Waals surface area contributed by atoms with E-state index in [1.54, 1.807) is 0 Å². The largest absolute Gasteiger partial charge is 0.326 e. The van der Waals surface area contributed by atoms with Crippen LogP contribution in [0.4, 0.5) is 0 Å². The van der Waals surface area contributed by atoms with Gasteiger partial charge in [-0.1, -0.05) is 13.8 Å². The van der Waals surface area contributed by atoms with Gasteiger partial charge in [0.1, 0.15) is 0 Å². The molecule has 0 bridgehead atoms. The van der Waals surface area contributed by atoms with E-state index in [-0.39, 0.29) is 0 Å². The third kappa shape index (κ3) is 1.54.